The van der Waals surface area contributed by atoms with E-state index in [0.717, 1.165) is 0 Å². The third-order valence-corrected chi connectivity index (χ3v) is 2.59. The fourth-order valence-electron chi connectivity index (χ4n) is 1.50. The summed E-state index contributed by atoms with van der Waals surface area (Å²) in [6, 6.07) is 6.88. The Morgan fingerprint density at radius 1 is 1.44 bits per heavy atom. The van der Waals surface area contributed by atoms with Crippen molar-refractivity contribution in [1.82, 2.24) is 4.90 Å². The van der Waals surface area contributed by atoms with Gasteiger partial charge in [-0.3, -0.25) is 4.79 Å². The third-order valence-electron chi connectivity index (χ3n) is 2.42. The minimum Gasteiger partial charge on any atom is -0.508 e. The Kier molecular flexibility index (Phi) is 5.12. The fourth-order valence-corrected chi connectivity index (χ4v) is 1.70. The van der Waals surface area contributed by atoms with Crippen LogP contribution in [0.5, 0.6) is 5.75 Å². The minimum absolute atomic E-state index is 0.00958. The predicted octanol–water partition coefficient (Wildman–Crippen LogP) is 2.02. The SMILES string of the molecule is CCN(CCCl)C(=O)Cc1ccccc1O. The topological polar surface area (TPSA) is 40.5 Å². The molecule has 88 valence electrons. The zero-order chi connectivity index (χ0) is 12.0. The van der Waals surface area contributed by atoms with Crippen molar-refractivity contribution in [3.63, 3.8) is 0 Å². The molecule has 4 heteroatoms. The Hall–Kier alpha value is -1.22. The second-order valence-corrected chi connectivity index (χ2v) is 3.85. The van der Waals surface area contributed by atoms with Gasteiger partial charge in [-0.1, -0.05) is 18.2 Å². The summed E-state index contributed by atoms with van der Waals surface area (Å²) in [6.45, 7) is 3.10. The average Bonchev–Trinajstić information content (AvgIpc) is 2.29. The van der Waals surface area contributed by atoms with Gasteiger partial charge in [-0.25, -0.2) is 0 Å². The van der Waals surface area contributed by atoms with E-state index in [9.17, 15) is 9.90 Å². The van der Waals surface area contributed by atoms with Crippen LogP contribution >= 0.6 is 11.6 Å². The molecule has 0 heterocycles. The van der Waals surface area contributed by atoms with Crippen LogP contribution in [0.4, 0.5) is 0 Å². The fraction of sp³-hybridized carbons (Fsp3) is 0.417. The van der Waals surface area contributed by atoms with Gasteiger partial charge in [0.25, 0.3) is 0 Å². The van der Waals surface area contributed by atoms with Gasteiger partial charge >= 0.3 is 0 Å². The van der Waals surface area contributed by atoms with Crippen LogP contribution in [0.3, 0.4) is 0 Å². The number of halogens is 1. The summed E-state index contributed by atoms with van der Waals surface area (Å²) >= 11 is 5.61. The summed E-state index contributed by atoms with van der Waals surface area (Å²) in [5.41, 5.74) is 0.653. The highest BCUT2D eigenvalue weighted by atomic mass is 35.5. The molecule has 16 heavy (non-hydrogen) atoms. The first kappa shape index (κ1) is 12.8. The van der Waals surface area contributed by atoms with Gasteiger partial charge in [0.2, 0.25) is 5.91 Å². The Morgan fingerprint density at radius 2 is 2.12 bits per heavy atom. The number of phenolic OH excluding ortho intramolecular Hbond substituents is 1. The predicted molar refractivity (Wildman–Crippen MR) is 64.8 cm³/mol. The van der Waals surface area contributed by atoms with Crippen LogP contribution in [-0.2, 0) is 11.2 Å². The number of rotatable bonds is 5. The average molecular weight is 242 g/mol. The lowest BCUT2D eigenvalue weighted by atomic mass is 10.1. The molecule has 0 aromatic heterocycles. The van der Waals surface area contributed by atoms with Crippen molar-refractivity contribution in [3.8, 4) is 5.75 Å². The van der Waals surface area contributed by atoms with Gasteiger partial charge in [-0.2, -0.15) is 0 Å². The molecule has 1 rings (SSSR count). The Bertz CT molecular complexity index is 355. The van der Waals surface area contributed by atoms with Gasteiger partial charge in [-0.05, 0) is 13.0 Å². The number of benzene rings is 1. The van der Waals surface area contributed by atoms with E-state index in [1.165, 1.54) is 0 Å². The quantitative estimate of drug-likeness (QED) is 0.802. The number of hydrogen-bond donors (Lipinski definition) is 1. The van der Waals surface area contributed by atoms with Crippen molar-refractivity contribution >= 4 is 17.5 Å². The van der Waals surface area contributed by atoms with Gasteiger partial charge in [0.05, 0.1) is 6.42 Å². The second-order valence-electron chi connectivity index (χ2n) is 3.47. The van der Waals surface area contributed by atoms with E-state index in [2.05, 4.69) is 0 Å². The van der Waals surface area contributed by atoms with Crippen LogP contribution in [0.2, 0.25) is 0 Å². The Morgan fingerprint density at radius 3 is 2.69 bits per heavy atom. The highest BCUT2D eigenvalue weighted by Gasteiger charge is 2.13. The highest BCUT2D eigenvalue weighted by molar-refractivity contribution is 6.18. The normalized spacial score (nSPS) is 10.1. The molecule has 0 saturated heterocycles. The van der Waals surface area contributed by atoms with E-state index < -0.39 is 0 Å². The molecular formula is C12H16ClNO2. The number of carbonyl (C=O) groups is 1. The number of carbonyl (C=O) groups excluding carboxylic acids is 1. The molecule has 3 nitrogen and oxygen atoms in total. The molecular weight excluding hydrogens is 226 g/mol. The lowest BCUT2D eigenvalue weighted by molar-refractivity contribution is -0.130. The standard InChI is InChI=1S/C12H16ClNO2/c1-2-14(8-7-13)12(16)9-10-5-3-4-6-11(10)15/h3-6,15H,2,7-9H2,1H3. The molecule has 1 aromatic rings. The van der Waals surface area contributed by atoms with Gasteiger partial charge in [0.15, 0.2) is 0 Å². The first-order valence-corrected chi connectivity index (χ1v) is 5.83. The van der Waals surface area contributed by atoms with Crippen LogP contribution in [-0.4, -0.2) is 34.9 Å². The zero-order valence-electron chi connectivity index (χ0n) is 9.32. The molecule has 1 amide bonds. The number of likely N-dealkylation sites (N-methyl/N-ethyl adjacent to an activating group) is 1. The third kappa shape index (κ3) is 3.42. The number of phenols is 1. The molecule has 0 spiro atoms. The van der Waals surface area contributed by atoms with Crippen molar-refractivity contribution < 1.29 is 9.90 Å². The lowest BCUT2D eigenvalue weighted by Crippen LogP contribution is -2.33. The van der Waals surface area contributed by atoms with Crippen LogP contribution < -0.4 is 0 Å². The zero-order valence-corrected chi connectivity index (χ0v) is 10.1. The van der Waals surface area contributed by atoms with Crippen molar-refractivity contribution in [1.29, 1.82) is 0 Å². The number of nitrogens with zero attached hydrogens (tertiary/aromatic N) is 1. The molecule has 0 aliphatic rings. The monoisotopic (exact) mass is 241 g/mol. The summed E-state index contributed by atoms with van der Waals surface area (Å²) in [7, 11) is 0. The van der Waals surface area contributed by atoms with E-state index in [-0.39, 0.29) is 18.1 Å². The molecule has 0 unspecified atom stereocenters. The molecule has 0 radical (unpaired) electrons. The molecule has 0 aliphatic heterocycles. The number of hydrogen-bond acceptors (Lipinski definition) is 2. The molecule has 0 saturated carbocycles. The van der Waals surface area contributed by atoms with Crippen LogP contribution in [0.25, 0.3) is 0 Å². The van der Waals surface area contributed by atoms with E-state index in [1.54, 1.807) is 29.2 Å². The summed E-state index contributed by atoms with van der Waals surface area (Å²) in [5.74, 6) is 0.586. The van der Waals surface area contributed by atoms with E-state index in [1.807, 2.05) is 6.92 Å². The van der Waals surface area contributed by atoms with Crippen molar-refractivity contribution in [2.24, 2.45) is 0 Å². The van der Waals surface area contributed by atoms with Gasteiger partial charge in [-0.15, -0.1) is 11.6 Å². The highest BCUT2D eigenvalue weighted by Crippen LogP contribution is 2.16. The number of alkyl halides is 1. The molecule has 1 aromatic carbocycles. The van der Waals surface area contributed by atoms with Crippen LogP contribution in [0, 0.1) is 0 Å². The Labute approximate surface area is 101 Å². The summed E-state index contributed by atoms with van der Waals surface area (Å²) in [6.07, 6.45) is 0.220. The van der Waals surface area contributed by atoms with E-state index in [4.69, 9.17) is 11.6 Å². The molecule has 0 fully saturated rings. The maximum absolute atomic E-state index is 11.8. The van der Waals surface area contributed by atoms with Crippen molar-refractivity contribution in [2.75, 3.05) is 19.0 Å². The Balaban J connectivity index is 2.66. The lowest BCUT2D eigenvalue weighted by Gasteiger charge is -2.19. The first-order chi connectivity index (χ1) is 7.69. The maximum Gasteiger partial charge on any atom is 0.227 e. The van der Waals surface area contributed by atoms with Crippen LogP contribution in [0.15, 0.2) is 24.3 Å². The summed E-state index contributed by atoms with van der Waals surface area (Å²) in [4.78, 5) is 13.5. The van der Waals surface area contributed by atoms with Gasteiger partial charge < -0.3 is 10.0 Å². The number of amides is 1. The molecule has 0 atom stereocenters. The molecule has 1 N–H and O–H groups in total. The first-order valence-electron chi connectivity index (χ1n) is 5.29. The largest absolute Gasteiger partial charge is 0.508 e. The number of para-hydroxylation sites is 1. The van der Waals surface area contributed by atoms with Crippen LogP contribution in [0.1, 0.15) is 12.5 Å². The molecule has 0 bridgehead atoms. The van der Waals surface area contributed by atoms with Gasteiger partial charge in [0, 0.05) is 24.5 Å². The maximum atomic E-state index is 11.8. The van der Waals surface area contributed by atoms with E-state index in [0.29, 0.717) is 24.5 Å². The molecule has 0 aliphatic carbocycles. The van der Waals surface area contributed by atoms with Crippen molar-refractivity contribution in [2.45, 2.75) is 13.3 Å². The summed E-state index contributed by atoms with van der Waals surface area (Å²) < 4.78 is 0. The minimum atomic E-state index is -0.00958. The van der Waals surface area contributed by atoms with E-state index >= 15 is 0 Å². The number of aromatic hydroxyl groups is 1. The van der Waals surface area contributed by atoms with Crippen molar-refractivity contribution in [3.05, 3.63) is 29.8 Å². The van der Waals surface area contributed by atoms with Gasteiger partial charge in [0.1, 0.15) is 5.75 Å². The smallest absolute Gasteiger partial charge is 0.227 e. The summed E-state index contributed by atoms with van der Waals surface area (Å²) in [5, 5.41) is 9.55. The second kappa shape index (κ2) is 6.38.